The van der Waals surface area contributed by atoms with Crippen molar-refractivity contribution in [3.63, 3.8) is 0 Å². The summed E-state index contributed by atoms with van der Waals surface area (Å²) in [7, 11) is 1.59. The normalized spacial score (nSPS) is 12.8. The molecule has 0 aliphatic heterocycles. The van der Waals surface area contributed by atoms with E-state index in [-0.39, 0.29) is 6.54 Å². The molecule has 0 aliphatic carbocycles. The van der Waals surface area contributed by atoms with E-state index in [1.165, 1.54) is 0 Å². The Balaban J connectivity index is 1.89. The van der Waals surface area contributed by atoms with Crippen LogP contribution in [-0.4, -0.2) is 36.2 Å². The highest BCUT2D eigenvalue weighted by Crippen LogP contribution is 2.17. The van der Waals surface area contributed by atoms with Crippen LogP contribution in [0.15, 0.2) is 42.5 Å². The van der Waals surface area contributed by atoms with Crippen LogP contribution in [0.5, 0.6) is 5.75 Å². The van der Waals surface area contributed by atoms with Gasteiger partial charge >= 0.3 is 11.8 Å². The van der Waals surface area contributed by atoms with E-state index in [0.717, 1.165) is 22.4 Å². The number of hydrogen-bond donors (Lipinski definition) is 3. The highest BCUT2D eigenvalue weighted by Gasteiger charge is 2.24. The number of rotatable bonds is 6. The Morgan fingerprint density at radius 3 is 2.33 bits per heavy atom. The fourth-order valence-corrected chi connectivity index (χ4v) is 2.73. The lowest BCUT2D eigenvalue weighted by Crippen LogP contribution is -2.45. The molecule has 0 aromatic heterocycles. The summed E-state index contributed by atoms with van der Waals surface area (Å²) in [5, 5.41) is 15.6. The van der Waals surface area contributed by atoms with Crippen LogP contribution >= 0.6 is 0 Å². The first kappa shape index (κ1) is 20.5. The third kappa shape index (κ3) is 6.11. The van der Waals surface area contributed by atoms with Gasteiger partial charge in [-0.15, -0.1) is 0 Å². The van der Waals surface area contributed by atoms with Crippen molar-refractivity contribution in [3.05, 3.63) is 59.2 Å². The van der Waals surface area contributed by atoms with Gasteiger partial charge in [0.1, 0.15) is 5.75 Å². The lowest BCUT2D eigenvalue weighted by atomic mass is 9.96. The number of carbonyl (C=O) groups is 2. The van der Waals surface area contributed by atoms with Crippen molar-refractivity contribution in [2.45, 2.75) is 32.8 Å². The van der Waals surface area contributed by atoms with Gasteiger partial charge in [0.15, 0.2) is 0 Å². The minimum absolute atomic E-state index is 0.0435. The molecule has 1 atom stereocenters. The van der Waals surface area contributed by atoms with E-state index in [1.54, 1.807) is 32.2 Å². The summed E-state index contributed by atoms with van der Waals surface area (Å²) in [4.78, 5) is 24.1. The van der Waals surface area contributed by atoms with Crippen LogP contribution in [0.25, 0.3) is 0 Å². The molecule has 3 N–H and O–H groups in total. The number of anilines is 1. The predicted octanol–water partition coefficient (Wildman–Crippen LogP) is 2.36. The molecule has 0 saturated heterocycles. The van der Waals surface area contributed by atoms with Crippen LogP contribution in [-0.2, 0) is 16.0 Å². The number of nitrogens with one attached hydrogen (secondary N) is 2. The van der Waals surface area contributed by atoms with Gasteiger partial charge in [-0.25, -0.2) is 0 Å². The zero-order valence-corrected chi connectivity index (χ0v) is 16.1. The Hall–Kier alpha value is -2.86. The number of hydrogen-bond acceptors (Lipinski definition) is 4. The van der Waals surface area contributed by atoms with E-state index in [2.05, 4.69) is 10.6 Å². The second kappa shape index (κ2) is 8.68. The molecule has 0 heterocycles. The van der Waals surface area contributed by atoms with Crippen molar-refractivity contribution >= 4 is 17.5 Å². The molecule has 0 bridgehead atoms. The number of methoxy groups -OCH3 is 1. The molecule has 0 radical (unpaired) electrons. The van der Waals surface area contributed by atoms with Crippen molar-refractivity contribution in [2.75, 3.05) is 19.0 Å². The topological polar surface area (TPSA) is 87.7 Å². The molecule has 0 saturated carbocycles. The minimum atomic E-state index is -1.19. The monoisotopic (exact) mass is 370 g/mol. The number of amides is 2. The van der Waals surface area contributed by atoms with E-state index < -0.39 is 17.4 Å². The van der Waals surface area contributed by atoms with Crippen molar-refractivity contribution < 1.29 is 19.4 Å². The summed E-state index contributed by atoms with van der Waals surface area (Å²) in [6, 6.07) is 12.9. The maximum Gasteiger partial charge on any atom is 0.313 e. The Labute approximate surface area is 159 Å². The van der Waals surface area contributed by atoms with E-state index in [1.807, 2.05) is 38.1 Å². The summed E-state index contributed by atoms with van der Waals surface area (Å²) >= 11 is 0. The Kier molecular flexibility index (Phi) is 6.58. The van der Waals surface area contributed by atoms with Gasteiger partial charge < -0.3 is 20.5 Å². The van der Waals surface area contributed by atoms with Crippen LogP contribution in [0.2, 0.25) is 0 Å². The Morgan fingerprint density at radius 1 is 1.07 bits per heavy atom. The zero-order valence-electron chi connectivity index (χ0n) is 16.1. The summed E-state index contributed by atoms with van der Waals surface area (Å²) in [5.74, 6) is -0.818. The number of ether oxygens (including phenoxy) is 1. The highest BCUT2D eigenvalue weighted by atomic mass is 16.5. The predicted molar refractivity (Wildman–Crippen MR) is 105 cm³/mol. The molecular formula is C21H26N2O4. The van der Waals surface area contributed by atoms with Gasteiger partial charge in [0.2, 0.25) is 0 Å². The molecule has 1 unspecified atom stereocenters. The van der Waals surface area contributed by atoms with Crippen LogP contribution in [0.1, 0.15) is 23.6 Å². The Morgan fingerprint density at radius 2 is 1.74 bits per heavy atom. The molecule has 2 aromatic carbocycles. The molecule has 2 aromatic rings. The van der Waals surface area contributed by atoms with E-state index >= 15 is 0 Å². The van der Waals surface area contributed by atoms with Crippen LogP contribution < -0.4 is 15.4 Å². The number of carbonyl (C=O) groups excluding carboxylic acids is 2. The van der Waals surface area contributed by atoms with Crippen molar-refractivity contribution in [1.29, 1.82) is 0 Å². The molecular weight excluding hydrogens is 344 g/mol. The second-order valence-corrected chi connectivity index (χ2v) is 6.98. The van der Waals surface area contributed by atoms with Gasteiger partial charge in [-0.2, -0.15) is 0 Å². The SMILES string of the molecule is COc1ccc(CC(C)(O)CNC(=O)C(=O)Nc2ccc(C)cc2C)cc1. The summed E-state index contributed by atoms with van der Waals surface area (Å²) in [5.41, 5.74) is 2.25. The molecule has 6 nitrogen and oxygen atoms in total. The summed E-state index contributed by atoms with van der Waals surface area (Å²) in [6.07, 6.45) is 0.329. The number of aliphatic hydroxyl groups is 1. The first-order chi connectivity index (χ1) is 12.7. The van der Waals surface area contributed by atoms with Gasteiger partial charge in [-0.3, -0.25) is 9.59 Å². The molecule has 0 fully saturated rings. The van der Waals surface area contributed by atoms with Gasteiger partial charge in [-0.1, -0.05) is 29.8 Å². The van der Waals surface area contributed by atoms with Gasteiger partial charge in [0, 0.05) is 18.7 Å². The average Bonchev–Trinajstić information content (AvgIpc) is 2.62. The summed E-state index contributed by atoms with van der Waals surface area (Å²) < 4.78 is 5.10. The van der Waals surface area contributed by atoms with Gasteiger partial charge in [0.25, 0.3) is 0 Å². The average molecular weight is 370 g/mol. The van der Waals surface area contributed by atoms with E-state index in [4.69, 9.17) is 4.74 Å². The largest absolute Gasteiger partial charge is 0.497 e. The van der Waals surface area contributed by atoms with Gasteiger partial charge in [0.05, 0.1) is 12.7 Å². The van der Waals surface area contributed by atoms with Crippen LogP contribution in [0, 0.1) is 13.8 Å². The van der Waals surface area contributed by atoms with E-state index in [0.29, 0.717) is 12.1 Å². The number of aryl methyl sites for hydroxylation is 2. The van der Waals surface area contributed by atoms with Crippen molar-refractivity contribution in [2.24, 2.45) is 0 Å². The molecule has 0 aliphatic rings. The zero-order chi connectivity index (χ0) is 20.0. The van der Waals surface area contributed by atoms with Crippen molar-refractivity contribution in [1.82, 2.24) is 5.32 Å². The standard InChI is InChI=1S/C21H26N2O4/c1-14-5-10-18(15(2)11-14)23-20(25)19(24)22-13-21(3,26)12-16-6-8-17(27-4)9-7-16/h5-11,26H,12-13H2,1-4H3,(H,22,24)(H,23,25). The Bertz CT molecular complexity index is 813. The quantitative estimate of drug-likeness (QED) is 0.681. The highest BCUT2D eigenvalue weighted by molar-refractivity contribution is 6.39. The lowest BCUT2D eigenvalue weighted by molar-refractivity contribution is -0.136. The number of benzene rings is 2. The fourth-order valence-electron chi connectivity index (χ4n) is 2.73. The first-order valence-corrected chi connectivity index (χ1v) is 8.72. The molecule has 2 rings (SSSR count). The smallest absolute Gasteiger partial charge is 0.313 e. The maximum absolute atomic E-state index is 12.1. The molecule has 2 amide bonds. The second-order valence-electron chi connectivity index (χ2n) is 6.98. The third-order valence-corrected chi connectivity index (χ3v) is 4.21. The fraction of sp³-hybridized carbons (Fsp3) is 0.333. The maximum atomic E-state index is 12.1. The first-order valence-electron chi connectivity index (χ1n) is 8.72. The molecule has 6 heteroatoms. The minimum Gasteiger partial charge on any atom is -0.497 e. The van der Waals surface area contributed by atoms with E-state index in [9.17, 15) is 14.7 Å². The van der Waals surface area contributed by atoms with Crippen molar-refractivity contribution in [3.8, 4) is 5.75 Å². The third-order valence-electron chi connectivity index (χ3n) is 4.21. The lowest BCUT2D eigenvalue weighted by Gasteiger charge is -2.23. The summed E-state index contributed by atoms with van der Waals surface area (Å²) in [6.45, 7) is 5.38. The molecule has 144 valence electrons. The van der Waals surface area contributed by atoms with Crippen LogP contribution in [0.4, 0.5) is 5.69 Å². The van der Waals surface area contributed by atoms with Crippen LogP contribution in [0.3, 0.4) is 0 Å². The molecule has 27 heavy (non-hydrogen) atoms. The van der Waals surface area contributed by atoms with Gasteiger partial charge in [-0.05, 0) is 50.1 Å². The molecule has 0 spiro atoms.